The van der Waals surface area contributed by atoms with Crippen LogP contribution < -0.4 is 88.7 Å². The minimum Gasteiger partial charge on any atom is -1.00 e. The van der Waals surface area contributed by atoms with E-state index in [1.807, 2.05) is 0 Å². The molecule has 0 bridgehead atoms. The summed E-state index contributed by atoms with van der Waals surface area (Å²) >= 11 is 0. The van der Waals surface area contributed by atoms with Gasteiger partial charge in [-0.25, -0.2) is 9.59 Å². The van der Waals surface area contributed by atoms with Crippen LogP contribution in [-0.4, -0.2) is 35.1 Å². The van der Waals surface area contributed by atoms with E-state index in [1.54, 1.807) is 0 Å². The van der Waals surface area contributed by atoms with Gasteiger partial charge in [0, 0.05) is 0 Å². The molecule has 0 atom stereocenters. The maximum absolute atomic E-state index is 10.8. The van der Waals surface area contributed by atoms with Crippen LogP contribution in [0.2, 0.25) is 0 Å². The van der Waals surface area contributed by atoms with Crippen molar-refractivity contribution in [3.8, 4) is 0 Å². The van der Waals surface area contributed by atoms with E-state index in [0.717, 1.165) is 18.2 Å². The van der Waals surface area contributed by atoms with Gasteiger partial charge >= 0.3 is 101 Å². The Balaban J connectivity index is -0.000000107. The van der Waals surface area contributed by atoms with E-state index in [4.69, 9.17) is 14.8 Å². The van der Waals surface area contributed by atoms with Crippen LogP contribution in [0.15, 0.2) is 23.1 Å². The minimum absolute atomic E-state index is 0. The Kier molecular flexibility index (Phi) is 13.1. The Bertz CT molecular complexity index is 582. The Labute approximate surface area is 179 Å². The van der Waals surface area contributed by atoms with E-state index in [0.29, 0.717) is 0 Å². The van der Waals surface area contributed by atoms with Gasteiger partial charge in [0.25, 0.3) is 10.1 Å². The van der Waals surface area contributed by atoms with Crippen LogP contribution in [0.25, 0.3) is 0 Å². The predicted molar refractivity (Wildman–Crippen MR) is 53.5 cm³/mol. The summed E-state index contributed by atoms with van der Waals surface area (Å²) in [6, 6.07) is 2.77. The van der Waals surface area contributed by atoms with Gasteiger partial charge in [-0.1, -0.05) is 6.07 Å². The average Bonchev–Trinajstić information content (AvgIpc) is 2.14. The first kappa shape index (κ1) is 25.0. The Morgan fingerprint density at radius 2 is 1.47 bits per heavy atom. The number of benzene rings is 1. The van der Waals surface area contributed by atoms with Gasteiger partial charge in [-0.05, 0) is 12.1 Å². The molecule has 0 amide bonds. The fourth-order valence-electron chi connectivity index (χ4n) is 1.14. The van der Waals surface area contributed by atoms with Gasteiger partial charge in [-0.3, -0.25) is 4.55 Å². The molecule has 11 heteroatoms. The van der Waals surface area contributed by atoms with Gasteiger partial charge in [-0.15, -0.1) is 0 Å². The van der Waals surface area contributed by atoms with Crippen molar-refractivity contribution in [1.29, 1.82) is 0 Å². The molecule has 7 nitrogen and oxygen atoms in total. The SMILES string of the molecule is O=C(O)c1cccc(S(=O)(=O)O)c1C(=O)O.[H-].[H-].[H-].[Na+].[Na+].[Na+]. The summed E-state index contributed by atoms with van der Waals surface area (Å²) in [7, 11) is -4.78. The van der Waals surface area contributed by atoms with Crippen molar-refractivity contribution in [1.82, 2.24) is 0 Å². The van der Waals surface area contributed by atoms with Crippen LogP contribution in [0, 0.1) is 0 Å². The first-order valence-corrected chi connectivity index (χ1v) is 5.26. The van der Waals surface area contributed by atoms with Crippen molar-refractivity contribution in [2.24, 2.45) is 0 Å². The van der Waals surface area contributed by atoms with Crippen molar-refractivity contribution in [2.75, 3.05) is 0 Å². The fraction of sp³-hybridized carbons (Fsp3) is 0. The number of hydrogen-bond acceptors (Lipinski definition) is 4. The molecule has 3 N–H and O–H groups in total. The molecule has 0 aliphatic heterocycles. The zero-order valence-corrected chi connectivity index (χ0v) is 17.4. The molecule has 19 heavy (non-hydrogen) atoms. The van der Waals surface area contributed by atoms with Crippen molar-refractivity contribution in [2.45, 2.75) is 4.90 Å². The van der Waals surface area contributed by atoms with Crippen LogP contribution in [-0.2, 0) is 10.1 Å². The molecule has 0 aliphatic carbocycles. The Morgan fingerprint density at radius 3 is 1.79 bits per heavy atom. The van der Waals surface area contributed by atoms with E-state index in [9.17, 15) is 18.0 Å². The van der Waals surface area contributed by atoms with E-state index in [2.05, 4.69) is 0 Å². The quantitative estimate of drug-likeness (QED) is 0.373. The molecule has 0 radical (unpaired) electrons. The third kappa shape index (κ3) is 6.58. The monoisotopic (exact) mass is 318 g/mol. The first-order valence-electron chi connectivity index (χ1n) is 3.82. The fourth-order valence-corrected chi connectivity index (χ4v) is 1.85. The van der Waals surface area contributed by atoms with Gasteiger partial charge in [0.15, 0.2) is 0 Å². The number of carboxylic acids is 2. The molecule has 0 aliphatic rings. The van der Waals surface area contributed by atoms with Gasteiger partial charge in [0.2, 0.25) is 0 Å². The Hall–Kier alpha value is 1.07. The normalized spacial score (nSPS) is 9.32. The number of carboxylic acid groups (broad SMARTS) is 2. The maximum Gasteiger partial charge on any atom is 1.00 e. The second-order valence-corrected chi connectivity index (χ2v) is 4.15. The summed E-state index contributed by atoms with van der Waals surface area (Å²) in [6.07, 6.45) is 0. The first-order chi connectivity index (χ1) is 7.25. The molecule has 0 aromatic heterocycles. The molecule has 0 heterocycles. The summed E-state index contributed by atoms with van der Waals surface area (Å²) in [5.41, 5.74) is -1.67. The molecule has 0 unspecified atom stereocenters. The van der Waals surface area contributed by atoms with Crippen LogP contribution in [0.1, 0.15) is 25.0 Å². The topological polar surface area (TPSA) is 129 Å². The number of carbonyl (C=O) groups is 2. The van der Waals surface area contributed by atoms with Crippen molar-refractivity contribution >= 4 is 22.1 Å². The largest absolute Gasteiger partial charge is 1.00 e. The molecule has 1 rings (SSSR count). The zero-order chi connectivity index (χ0) is 12.5. The summed E-state index contributed by atoms with van der Waals surface area (Å²) in [5.74, 6) is -3.34. The number of rotatable bonds is 3. The van der Waals surface area contributed by atoms with Gasteiger partial charge in [0.05, 0.1) is 11.1 Å². The molecule has 0 fully saturated rings. The minimum atomic E-state index is -4.78. The van der Waals surface area contributed by atoms with Gasteiger partial charge in [-0.2, -0.15) is 8.42 Å². The van der Waals surface area contributed by atoms with Crippen LogP contribution >= 0.6 is 0 Å². The third-order valence-corrected chi connectivity index (χ3v) is 2.64. The van der Waals surface area contributed by atoms with Crippen molar-refractivity contribution < 1.29 is 126 Å². The second-order valence-electron chi connectivity index (χ2n) is 2.76. The average molecular weight is 318 g/mol. The standard InChI is InChI=1S/C8H6O7S.3Na.3H/c9-7(10)4-2-1-3-5(16(13,14)15)6(4)8(11)12;;;;;;/h1-3H,(H,9,10)(H,11,12)(H,13,14,15);;;;;;/q;3*+1;3*-1. The molecule has 0 spiro atoms. The molecule has 0 saturated heterocycles. The number of hydrogen-bond donors (Lipinski definition) is 3. The predicted octanol–water partition coefficient (Wildman–Crippen LogP) is -8.32. The molecule has 0 saturated carbocycles. The molecular weight excluding hydrogens is 309 g/mol. The third-order valence-electron chi connectivity index (χ3n) is 1.75. The van der Waals surface area contributed by atoms with Crippen molar-refractivity contribution in [3.63, 3.8) is 0 Å². The summed E-state index contributed by atoms with van der Waals surface area (Å²) in [6.45, 7) is 0. The van der Waals surface area contributed by atoms with Crippen molar-refractivity contribution in [3.05, 3.63) is 29.3 Å². The van der Waals surface area contributed by atoms with Gasteiger partial charge < -0.3 is 14.5 Å². The Morgan fingerprint density at radius 1 is 1.00 bits per heavy atom. The number of aromatic carboxylic acids is 2. The van der Waals surface area contributed by atoms with Crippen LogP contribution in [0.4, 0.5) is 0 Å². The molecule has 1 aromatic rings. The molecule has 92 valence electrons. The maximum atomic E-state index is 10.8. The van der Waals surface area contributed by atoms with E-state index < -0.39 is 38.1 Å². The van der Waals surface area contributed by atoms with Gasteiger partial charge in [0.1, 0.15) is 4.90 Å². The smallest absolute Gasteiger partial charge is 1.00 e. The second kappa shape index (κ2) is 9.91. The zero-order valence-electron chi connectivity index (χ0n) is 13.6. The molecule has 1 aromatic carbocycles. The summed E-state index contributed by atoms with van der Waals surface area (Å²) < 4.78 is 30.4. The summed E-state index contributed by atoms with van der Waals surface area (Å²) in [4.78, 5) is 20.5. The summed E-state index contributed by atoms with van der Waals surface area (Å²) in [5, 5.41) is 17.4. The van der Waals surface area contributed by atoms with E-state index in [-0.39, 0.29) is 93.0 Å². The van der Waals surface area contributed by atoms with Crippen LogP contribution in [0.3, 0.4) is 0 Å². The van der Waals surface area contributed by atoms with Crippen LogP contribution in [0.5, 0.6) is 0 Å². The van der Waals surface area contributed by atoms with E-state index in [1.165, 1.54) is 0 Å². The van der Waals surface area contributed by atoms with E-state index >= 15 is 0 Å². The molecular formula is C8H9Na3O7S.